The molecule has 2 aromatic rings. The van der Waals surface area contributed by atoms with Crippen LogP contribution < -0.4 is 5.32 Å². The molecule has 1 aromatic carbocycles. The molecule has 0 saturated carbocycles. The molecule has 1 amide bonds. The van der Waals surface area contributed by atoms with Crippen LogP contribution in [0.5, 0.6) is 0 Å². The van der Waals surface area contributed by atoms with E-state index in [2.05, 4.69) is 10.4 Å². The Morgan fingerprint density at radius 2 is 2.00 bits per heavy atom. The van der Waals surface area contributed by atoms with Gasteiger partial charge in [-0.15, -0.1) is 0 Å². The first-order chi connectivity index (χ1) is 10.1. The standard InChI is InChI=1S/C16H21N3O2/c1-12(2)15(20)8-10-17-16(21)14-9-11-19(18-14)13-6-4-3-5-7-13/h3-7,9,11-12,15,20H,8,10H2,1-2H3,(H,17,21)/t15-/m1/s1. The van der Waals surface area contributed by atoms with E-state index >= 15 is 0 Å². The van der Waals surface area contributed by atoms with E-state index in [0.717, 1.165) is 5.69 Å². The maximum absolute atomic E-state index is 12.0. The number of aromatic nitrogens is 2. The molecule has 5 nitrogen and oxygen atoms in total. The van der Waals surface area contributed by atoms with Gasteiger partial charge in [-0.2, -0.15) is 5.10 Å². The van der Waals surface area contributed by atoms with Gasteiger partial charge in [0.1, 0.15) is 0 Å². The molecule has 0 bridgehead atoms. The number of aliphatic hydroxyl groups is 1. The monoisotopic (exact) mass is 287 g/mol. The van der Waals surface area contributed by atoms with E-state index in [1.165, 1.54) is 0 Å². The van der Waals surface area contributed by atoms with E-state index in [1.807, 2.05) is 44.2 Å². The van der Waals surface area contributed by atoms with Gasteiger partial charge in [-0.3, -0.25) is 4.79 Å². The van der Waals surface area contributed by atoms with Gasteiger partial charge in [-0.05, 0) is 30.5 Å². The number of carbonyl (C=O) groups excluding carboxylic acids is 1. The first-order valence-corrected chi connectivity index (χ1v) is 7.15. The Labute approximate surface area is 124 Å². The summed E-state index contributed by atoms with van der Waals surface area (Å²) in [6.07, 6.45) is 1.91. The van der Waals surface area contributed by atoms with Crippen molar-refractivity contribution in [1.82, 2.24) is 15.1 Å². The second kappa shape index (κ2) is 7.04. The lowest BCUT2D eigenvalue weighted by atomic mass is 10.0. The van der Waals surface area contributed by atoms with E-state index in [4.69, 9.17) is 0 Å². The molecule has 2 rings (SSSR count). The highest BCUT2D eigenvalue weighted by Gasteiger charge is 2.12. The van der Waals surface area contributed by atoms with Crippen LogP contribution in [0.15, 0.2) is 42.6 Å². The second-order valence-corrected chi connectivity index (χ2v) is 5.34. The highest BCUT2D eigenvalue weighted by Crippen LogP contribution is 2.07. The molecular weight excluding hydrogens is 266 g/mol. The van der Waals surface area contributed by atoms with Crippen LogP contribution in [0.2, 0.25) is 0 Å². The van der Waals surface area contributed by atoms with E-state index in [1.54, 1.807) is 16.9 Å². The zero-order chi connectivity index (χ0) is 15.2. The Morgan fingerprint density at radius 1 is 1.29 bits per heavy atom. The number of para-hydroxylation sites is 1. The van der Waals surface area contributed by atoms with Gasteiger partial charge in [0.25, 0.3) is 5.91 Å². The Kier molecular flexibility index (Phi) is 5.11. The van der Waals surface area contributed by atoms with Crippen molar-refractivity contribution < 1.29 is 9.90 Å². The zero-order valence-corrected chi connectivity index (χ0v) is 12.4. The van der Waals surface area contributed by atoms with Crippen molar-refractivity contribution in [2.75, 3.05) is 6.54 Å². The lowest BCUT2D eigenvalue weighted by Crippen LogP contribution is -2.29. The summed E-state index contributed by atoms with van der Waals surface area (Å²) in [5, 5.41) is 16.7. The molecule has 0 aliphatic rings. The average molecular weight is 287 g/mol. The summed E-state index contributed by atoms with van der Waals surface area (Å²) in [7, 11) is 0. The minimum Gasteiger partial charge on any atom is -0.393 e. The van der Waals surface area contributed by atoms with Crippen molar-refractivity contribution in [2.45, 2.75) is 26.4 Å². The highest BCUT2D eigenvalue weighted by atomic mass is 16.3. The number of aliphatic hydroxyl groups excluding tert-OH is 1. The number of benzene rings is 1. The normalized spacial score (nSPS) is 12.4. The van der Waals surface area contributed by atoms with Gasteiger partial charge in [-0.25, -0.2) is 4.68 Å². The largest absolute Gasteiger partial charge is 0.393 e. The van der Waals surface area contributed by atoms with Crippen molar-refractivity contribution in [3.8, 4) is 5.69 Å². The molecule has 21 heavy (non-hydrogen) atoms. The molecular formula is C16H21N3O2. The lowest BCUT2D eigenvalue weighted by molar-refractivity contribution is 0.0915. The van der Waals surface area contributed by atoms with Gasteiger partial charge in [0.2, 0.25) is 0 Å². The summed E-state index contributed by atoms with van der Waals surface area (Å²) in [6.45, 7) is 4.35. The summed E-state index contributed by atoms with van der Waals surface area (Å²) < 4.78 is 1.66. The van der Waals surface area contributed by atoms with Gasteiger partial charge in [0, 0.05) is 12.7 Å². The second-order valence-electron chi connectivity index (χ2n) is 5.34. The molecule has 0 aliphatic carbocycles. The summed E-state index contributed by atoms with van der Waals surface area (Å²) in [6, 6.07) is 11.3. The molecule has 112 valence electrons. The average Bonchev–Trinajstić information content (AvgIpc) is 2.97. The van der Waals surface area contributed by atoms with E-state index in [9.17, 15) is 9.90 Å². The molecule has 1 heterocycles. The van der Waals surface area contributed by atoms with Crippen LogP contribution in [0.4, 0.5) is 0 Å². The summed E-state index contributed by atoms with van der Waals surface area (Å²) in [4.78, 5) is 12.0. The number of amides is 1. The quantitative estimate of drug-likeness (QED) is 0.854. The maximum Gasteiger partial charge on any atom is 0.271 e. The van der Waals surface area contributed by atoms with Crippen LogP contribution in [-0.2, 0) is 0 Å². The summed E-state index contributed by atoms with van der Waals surface area (Å²) >= 11 is 0. The van der Waals surface area contributed by atoms with E-state index in [-0.39, 0.29) is 11.8 Å². The molecule has 0 fully saturated rings. The molecule has 0 radical (unpaired) electrons. The third kappa shape index (κ3) is 4.16. The summed E-state index contributed by atoms with van der Waals surface area (Å²) in [5.41, 5.74) is 1.28. The first-order valence-electron chi connectivity index (χ1n) is 7.15. The Hall–Kier alpha value is -2.14. The smallest absolute Gasteiger partial charge is 0.271 e. The fraction of sp³-hybridized carbons (Fsp3) is 0.375. The third-order valence-corrected chi connectivity index (χ3v) is 3.34. The number of nitrogens with zero attached hydrogens (tertiary/aromatic N) is 2. The predicted octanol–water partition coefficient (Wildman–Crippen LogP) is 2.01. The molecule has 1 aromatic heterocycles. The van der Waals surface area contributed by atoms with E-state index < -0.39 is 6.10 Å². The number of carbonyl (C=O) groups is 1. The number of nitrogens with one attached hydrogen (secondary N) is 1. The van der Waals surface area contributed by atoms with Crippen LogP contribution in [0.25, 0.3) is 5.69 Å². The molecule has 2 N–H and O–H groups in total. The van der Waals surface area contributed by atoms with Gasteiger partial charge in [-0.1, -0.05) is 32.0 Å². The van der Waals surface area contributed by atoms with Crippen LogP contribution in [-0.4, -0.2) is 33.4 Å². The number of rotatable bonds is 6. The van der Waals surface area contributed by atoms with Crippen molar-refractivity contribution >= 4 is 5.91 Å². The number of hydrogen-bond acceptors (Lipinski definition) is 3. The van der Waals surface area contributed by atoms with Crippen molar-refractivity contribution in [1.29, 1.82) is 0 Å². The molecule has 0 unspecified atom stereocenters. The fourth-order valence-electron chi connectivity index (χ4n) is 1.93. The van der Waals surface area contributed by atoms with Gasteiger partial charge >= 0.3 is 0 Å². The molecule has 0 spiro atoms. The Morgan fingerprint density at radius 3 is 2.67 bits per heavy atom. The SMILES string of the molecule is CC(C)[C@H](O)CCNC(=O)c1ccn(-c2ccccc2)n1. The topological polar surface area (TPSA) is 67.2 Å². The molecule has 1 atom stereocenters. The van der Waals surface area contributed by atoms with Crippen LogP contribution in [0.3, 0.4) is 0 Å². The third-order valence-electron chi connectivity index (χ3n) is 3.34. The van der Waals surface area contributed by atoms with Gasteiger partial charge in [0.05, 0.1) is 11.8 Å². The molecule has 0 aliphatic heterocycles. The number of hydrogen-bond donors (Lipinski definition) is 2. The maximum atomic E-state index is 12.0. The van der Waals surface area contributed by atoms with Crippen molar-refractivity contribution in [2.24, 2.45) is 5.92 Å². The van der Waals surface area contributed by atoms with Gasteiger partial charge < -0.3 is 10.4 Å². The van der Waals surface area contributed by atoms with E-state index in [0.29, 0.717) is 18.7 Å². The van der Waals surface area contributed by atoms with Crippen LogP contribution in [0.1, 0.15) is 30.8 Å². The summed E-state index contributed by atoms with van der Waals surface area (Å²) in [5.74, 6) is -0.0279. The predicted molar refractivity (Wildman–Crippen MR) is 81.4 cm³/mol. The van der Waals surface area contributed by atoms with Gasteiger partial charge in [0.15, 0.2) is 5.69 Å². The van der Waals surface area contributed by atoms with Crippen molar-refractivity contribution in [3.63, 3.8) is 0 Å². The molecule has 0 saturated heterocycles. The molecule has 5 heteroatoms. The van der Waals surface area contributed by atoms with Crippen LogP contribution in [0, 0.1) is 5.92 Å². The highest BCUT2D eigenvalue weighted by molar-refractivity contribution is 5.92. The first kappa shape index (κ1) is 15.3. The minimum absolute atomic E-state index is 0.194. The van der Waals surface area contributed by atoms with Crippen LogP contribution >= 0.6 is 0 Å². The lowest BCUT2D eigenvalue weighted by Gasteiger charge is -2.14. The Balaban J connectivity index is 1.91. The van der Waals surface area contributed by atoms with Crippen molar-refractivity contribution in [3.05, 3.63) is 48.3 Å². The fourth-order valence-corrected chi connectivity index (χ4v) is 1.93. The Bertz CT molecular complexity index is 578. The zero-order valence-electron chi connectivity index (χ0n) is 12.4. The minimum atomic E-state index is -0.396.